The van der Waals surface area contributed by atoms with Gasteiger partial charge in [0.25, 0.3) is 0 Å². The highest BCUT2D eigenvalue weighted by atomic mass is 35.5. The van der Waals surface area contributed by atoms with Crippen LogP contribution in [-0.4, -0.2) is 20.5 Å². The SMILES string of the molecule is CCC(C)NS(=O)(=O)c1ccc(Cl)c(CNC(C)C)c1Cl. The van der Waals surface area contributed by atoms with Crippen molar-refractivity contribution in [2.24, 2.45) is 0 Å². The highest BCUT2D eigenvalue weighted by molar-refractivity contribution is 7.89. The van der Waals surface area contributed by atoms with E-state index in [1.54, 1.807) is 6.07 Å². The molecule has 0 saturated heterocycles. The average Bonchev–Trinajstić information content (AvgIpc) is 2.37. The Morgan fingerprint density at radius 3 is 2.33 bits per heavy atom. The fourth-order valence-corrected chi connectivity index (χ4v) is 3.90. The maximum Gasteiger partial charge on any atom is 0.242 e. The molecule has 1 aromatic carbocycles. The van der Waals surface area contributed by atoms with E-state index in [0.29, 0.717) is 23.6 Å². The molecule has 0 spiro atoms. The number of nitrogens with one attached hydrogen (secondary N) is 2. The molecule has 7 heteroatoms. The van der Waals surface area contributed by atoms with Gasteiger partial charge in [-0.3, -0.25) is 0 Å². The van der Waals surface area contributed by atoms with Gasteiger partial charge in [0.2, 0.25) is 10.0 Å². The van der Waals surface area contributed by atoms with E-state index in [4.69, 9.17) is 23.2 Å². The smallest absolute Gasteiger partial charge is 0.242 e. The van der Waals surface area contributed by atoms with Gasteiger partial charge in [-0.2, -0.15) is 0 Å². The van der Waals surface area contributed by atoms with E-state index >= 15 is 0 Å². The third kappa shape index (κ3) is 5.11. The van der Waals surface area contributed by atoms with Crippen molar-refractivity contribution in [3.8, 4) is 0 Å². The molecule has 0 aliphatic rings. The van der Waals surface area contributed by atoms with E-state index in [0.717, 1.165) is 0 Å². The second-order valence-corrected chi connectivity index (χ2v) is 7.77. The molecule has 1 aromatic rings. The van der Waals surface area contributed by atoms with Crippen LogP contribution >= 0.6 is 23.2 Å². The number of halogens is 2. The lowest BCUT2D eigenvalue weighted by molar-refractivity contribution is 0.555. The summed E-state index contributed by atoms with van der Waals surface area (Å²) < 4.78 is 27.3. The minimum absolute atomic E-state index is 0.0643. The van der Waals surface area contributed by atoms with Gasteiger partial charge in [0.1, 0.15) is 4.90 Å². The summed E-state index contributed by atoms with van der Waals surface area (Å²) in [6.07, 6.45) is 0.701. The Hall–Kier alpha value is -0.330. The predicted octanol–water partition coefficient (Wildman–Crippen LogP) is 3.57. The molecule has 2 N–H and O–H groups in total. The van der Waals surface area contributed by atoms with Crippen LogP contribution in [0.4, 0.5) is 0 Å². The third-order valence-corrected chi connectivity index (χ3v) is 5.63. The molecule has 1 atom stereocenters. The molecule has 1 rings (SSSR count). The van der Waals surface area contributed by atoms with Crippen LogP contribution in [0.2, 0.25) is 10.0 Å². The van der Waals surface area contributed by atoms with Crippen molar-refractivity contribution in [2.45, 2.75) is 57.6 Å². The van der Waals surface area contributed by atoms with Gasteiger partial charge in [-0.15, -0.1) is 0 Å². The van der Waals surface area contributed by atoms with E-state index < -0.39 is 10.0 Å². The zero-order valence-electron chi connectivity index (χ0n) is 12.7. The largest absolute Gasteiger partial charge is 0.310 e. The van der Waals surface area contributed by atoms with Crippen molar-refractivity contribution in [1.29, 1.82) is 0 Å². The summed E-state index contributed by atoms with van der Waals surface area (Å²) >= 11 is 12.4. The summed E-state index contributed by atoms with van der Waals surface area (Å²) in [6.45, 7) is 8.12. The Bertz CT molecular complexity index is 589. The van der Waals surface area contributed by atoms with Crippen molar-refractivity contribution < 1.29 is 8.42 Å². The van der Waals surface area contributed by atoms with Crippen LogP contribution < -0.4 is 10.0 Å². The Balaban J connectivity index is 3.17. The zero-order valence-corrected chi connectivity index (χ0v) is 15.0. The summed E-state index contributed by atoms with van der Waals surface area (Å²) in [5.74, 6) is 0. The maximum atomic E-state index is 12.4. The highest BCUT2D eigenvalue weighted by Crippen LogP contribution is 2.31. The molecule has 0 fully saturated rings. The van der Waals surface area contributed by atoms with Crippen LogP contribution in [0.15, 0.2) is 17.0 Å². The second-order valence-electron chi connectivity index (χ2n) is 5.30. The molecule has 0 radical (unpaired) electrons. The molecule has 0 heterocycles. The van der Waals surface area contributed by atoms with Crippen LogP contribution in [0.25, 0.3) is 0 Å². The first-order valence-electron chi connectivity index (χ1n) is 6.91. The molecular weight excluding hydrogens is 331 g/mol. The Morgan fingerprint density at radius 2 is 1.81 bits per heavy atom. The van der Waals surface area contributed by atoms with Gasteiger partial charge >= 0.3 is 0 Å². The van der Waals surface area contributed by atoms with Gasteiger partial charge in [0, 0.05) is 29.2 Å². The van der Waals surface area contributed by atoms with Crippen LogP contribution in [-0.2, 0) is 16.6 Å². The van der Waals surface area contributed by atoms with Crippen molar-refractivity contribution in [1.82, 2.24) is 10.0 Å². The summed E-state index contributed by atoms with van der Waals surface area (Å²) in [5, 5.41) is 3.82. The van der Waals surface area contributed by atoms with Crippen molar-refractivity contribution >= 4 is 33.2 Å². The van der Waals surface area contributed by atoms with Gasteiger partial charge in [0.05, 0.1) is 5.02 Å². The number of rotatable bonds is 7. The molecule has 120 valence electrons. The number of hydrogen-bond donors (Lipinski definition) is 2. The van der Waals surface area contributed by atoms with Crippen LogP contribution in [0.3, 0.4) is 0 Å². The lowest BCUT2D eigenvalue weighted by atomic mass is 10.2. The molecule has 0 aliphatic carbocycles. The molecule has 0 bridgehead atoms. The molecule has 4 nitrogen and oxygen atoms in total. The second kappa shape index (κ2) is 7.79. The summed E-state index contributed by atoms with van der Waals surface area (Å²) in [5.41, 5.74) is 0.596. The van der Waals surface area contributed by atoms with E-state index in [-0.39, 0.29) is 22.0 Å². The minimum Gasteiger partial charge on any atom is -0.310 e. The zero-order chi connectivity index (χ0) is 16.2. The first-order valence-corrected chi connectivity index (χ1v) is 9.15. The Labute approximate surface area is 137 Å². The summed E-state index contributed by atoms with van der Waals surface area (Å²) in [7, 11) is -3.65. The normalized spacial score (nSPS) is 13.7. The van der Waals surface area contributed by atoms with Gasteiger partial charge < -0.3 is 5.32 Å². The fourth-order valence-electron chi connectivity index (χ4n) is 1.66. The quantitative estimate of drug-likeness (QED) is 0.788. The van der Waals surface area contributed by atoms with E-state index in [9.17, 15) is 8.42 Å². The van der Waals surface area contributed by atoms with Crippen LogP contribution in [0, 0.1) is 0 Å². The predicted molar refractivity (Wildman–Crippen MR) is 88.5 cm³/mol. The molecule has 0 aliphatic heterocycles. The summed E-state index contributed by atoms with van der Waals surface area (Å²) in [4.78, 5) is 0.0643. The molecule has 0 saturated carbocycles. The standard InChI is InChI=1S/C14H22Cl2N2O2S/c1-5-10(4)18-21(19,20)13-7-6-12(15)11(14(13)16)8-17-9(2)3/h6-7,9-10,17-18H,5,8H2,1-4H3. The van der Waals surface area contributed by atoms with Gasteiger partial charge in [-0.05, 0) is 25.5 Å². The highest BCUT2D eigenvalue weighted by Gasteiger charge is 2.22. The number of hydrogen-bond acceptors (Lipinski definition) is 3. The van der Waals surface area contributed by atoms with Crippen molar-refractivity contribution in [2.75, 3.05) is 0 Å². The average molecular weight is 353 g/mol. The van der Waals surface area contributed by atoms with Gasteiger partial charge in [-0.1, -0.05) is 44.0 Å². The van der Waals surface area contributed by atoms with E-state index in [1.165, 1.54) is 6.07 Å². The lowest BCUT2D eigenvalue weighted by Gasteiger charge is -2.16. The summed E-state index contributed by atoms with van der Waals surface area (Å²) in [6, 6.07) is 3.10. The lowest BCUT2D eigenvalue weighted by Crippen LogP contribution is -2.32. The van der Waals surface area contributed by atoms with E-state index in [2.05, 4.69) is 10.0 Å². The maximum absolute atomic E-state index is 12.4. The number of sulfonamides is 1. The van der Waals surface area contributed by atoms with Gasteiger partial charge in [-0.25, -0.2) is 13.1 Å². The first kappa shape index (κ1) is 18.7. The molecule has 1 unspecified atom stereocenters. The van der Waals surface area contributed by atoms with Crippen molar-refractivity contribution in [3.63, 3.8) is 0 Å². The fraction of sp³-hybridized carbons (Fsp3) is 0.571. The van der Waals surface area contributed by atoms with Gasteiger partial charge in [0.15, 0.2) is 0 Å². The molecule has 0 aromatic heterocycles. The topological polar surface area (TPSA) is 58.2 Å². The first-order chi connectivity index (χ1) is 9.69. The number of benzene rings is 1. The molecular formula is C14H22Cl2N2O2S. The van der Waals surface area contributed by atoms with Crippen LogP contribution in [0.5, 0.6) is 0 Å². The van der Waals surface area contributed by atoms with Crippen molar-refractivity contribution in [3.05, 3.63) is 27.7 Å². The van der Waals surface area contributed by atoms with Crippen LogP contribution in [0.1, 0.15) is 39.7 Å². The molecule has 21 heavy (non-hydrogen) atoms. The minimum atomic E-state index is -3.65. The Kier molecular flexibility index (Phi) is 6.94. The Morgan fingerprint density at radius 1 is 1.19 bits per heavy atom. The third-order valence-electron chi connectivity index (χ3n) is 3.10. The van der Waals surface area contributed by atoms with E-state index in [1.807, 2.05) is 27.7 Å². The monoisotopic (exact) mass is 352 g/mol. The molecule has 0 amide bonds.